The van der Waals surface area contributed by atoms with Gasteiger partial charge in [0.15, 0.2) is 0 Å². The van der Waals surface area contributed by atoms with E-state index in [0.29, 0.717) is 23.4 Å². The summed E-state index contributed by atoms with van der Waals surface area (Å²) in [5.74, 6) is 0.275. The number of nitrogens with zero attached hydrogens (tertiary/aromatic N) is 2. The number of rotatable bonds is 5. The van der Waals surface area contributed by atoms with Crippen molar-refractivity contribution in [2.24, 2.45) is 11.7 Å². The minimum absolute atomic E-state index is 0.00534. The summed E-state index contributed by atoms with van der Waals surface area (Å²) in [5, 5.41) is 3.39. The lowest BCUT2D eigenvalue weighted by Gasteiger charge is -2.16. The molecule has 1 aromatic heterocycles. The molecule has 1 heterocycles. The molecule has 1 fully saturated rings. The van der Waals surface area contributed by atoms with Crippen LogP contribution in [0.1, 0.15) is 12.8 Å². The average molecular weight is 365 g/mol. The Balaban J connectivity index is 1.79. The van der Waals surface area contributed by atoms with Gasteiger partial charge in [-0.05, 0) is 37.0 Å². The number of fused-ring (bicyclic) bond motifs is 1. The second-order valence-corrected chi connectivity index (χ2v) is 6.50. The van der Waals surface area contributed by atoms with Gasteiger partial charge in [-0.25, -0.2) is 4.98 Å². The number of carbonyl (C=O) groups is 1. The van der Waals surface area contributed by atoms with E-state index in [1.165, 1.54) is 10.9 Å². The monoisotopic (exact) mass is 364 g/mol. The number of carbonyl (C=O) groups excluding carboxylic acids is 1. The maximum atomic E-state index is 12.4. The molecule has 0 saturated heterocycles. The summed E-state index contributed by atoms with van der Waals surface area (Å²) in [7, 11) is 0. The van der Waals surface area contributed by atoms with Crippen molar-refractivity contribution in [1.29, 1.82) is 0 Å². The predicted octanol–water partition coefficient (Wildman–Crippen LogP) is 1.01. The van der Waals surface area contributed by atoms with E-state index in [-0.39, 0.29) is 24.1 Å². The molecular weight excluding hydrogens is 348 g/mol. The SMILES string of the molecule is NCC(NC(=O)Cn1cnc2ccc(Br)cc2c1=O)C1CC1. The molecule has 22 heavy (non-hydrogen) atoms. The highest BCUT2D eigenvalue weighted by Gasteiger charge is 2.31. The lowest BCUT2D eigenvalue weighted by atomic mass is 10.2. The quantitative estimate of drug-likeness (QED) is 0.828. The van der Waals surface area contributed by atoms with Gasteiger partial charge in [0, 0.05) is 17.1 Å². The first-order valence-corrected chi connectivity index (χ1v) is 8.02. The molecule has 2 aromatic rings. The zero-order valence-corrected chi connectivity index (χ0v) is 13.5. The summed E-state index contributed by atoms with van der Waals surface area (Å²) in [6, 6.07) is 5.31. The number of nitrogens with two attached hydrogens (primary N) is 1. The number of halogens is 1. The minimum Gasteiger partial charge on any atom is -0.350 e. The van der Waals surface area contributed by atoms with Crippen LogP contribution in [0.15, 0.2) is 33.8 Å². The van der Waals surface area contributed by atoms with E-state index in [9.17, 15) is 9.59 Å². The molecule has 6 nitrogen and oxygen atoms in total. The van der Waals surface area contributed by atoms with E-state index in [1.54, 1.807) is 12.1 Å². The van der Waals surface area contributed by atoms with Crippen LogP contribution in [0.4, 0.5) is 0 Å². The standard InChI is InChI=1S/C15H17BrN4O2/c16-10-3-4-12-11(5-10)15(22)20(8-18-12)7-14(21)19-13(6-17)9-1-2-9/h3-5,8-9,13H,1-2,6-7,17H2,(H,19,21). The molecule has 0 spiro atoms. The van der Waals surface area contributed by atoms with Crippen LogP contribution in [0.2, 0.25) is 0 Å². The number of aromatic nitrogens is 2. The predicted molar refractivity (Wildman–Crippen MR) is 87.4 cm³/mol. The van der Waals surface area contributed by atoms with E-state index in [2.05, 4.69) is 26.2 Å². The summed E-state index contributed by atoms with van der Waals surface area (Å²) in [6.45, 7) is 0.381. The van der Waals surface area contributed by atoms with Gasteiger partial charge in [-0.1, -0.05) is 15.9 Å². The van der Waals surface area contributed by atoms with Gasteiger partial charge in [-0.2, -0.15) is 0 Å². The Bertz CT molecular complexity index is 770. The van der Waals surface area contributed by atoms with Crippen LogP contribution in [-0.2, 0) is 11.3 Å². The zero-order valence-electron chi connectivity index (χ0n) is 12.0. The van der Waals surface area contributed by atoms with E-state index >= 15 is 0 Å². The van der Waals surface area contributed by atoms with Crippen LogP contribution >= 0.6 is 15.9 Å². The van der Waals surface area contributed by atoms with Crippen molar-refractivity contribution < 1.29 is 4.79 Å². The van der Waals surface area contributed by atoms with E-state index in [1.807, 2.05) is 6.07 Å². The zero-order chi connectivity index (χ0) is 15.7. The summed E-state index contributed by atoms with van der Waals surface area (Å²) >= 11 is 3.34. The van der Waals surface area contributed by atoms with Gasteiger partial charge < -0.3 is 11.1 Å². The normalized spacial score (nSPS) is 15.7. The molecular formula is C15H17BrN4O2. The molecule has 1 aliphatic carbocycles. The maximum absolute atomic E-state index is 12.4. The van der Waals surface area contributed by atoms with Gasteiger partial charge in [0.2, 0.25) is 5.91 Å². The molecule has 1 saturated carbocycles. The number of benzene rings is 1. The molecule has 3 N–H and O–H groups in total. The van der Waals surface area contributed by atoms with E-state index < -0.39 is 0 Å². The molecule has 7 heteroatoms. The fourth-order valence-electron chi connectivity index (χ4n) is 2.52. The Morgan fingerprint density at radius 1 is 1.50 bits per heavy atom. The van der Waals surface area contributed by atoms with Crippen LogP contribution in [-0.4, -0.2) is 28.0 Å². The number of nitrogens with one attached hydrogen (secondary N) is 1. The number of amides is 1. The van der Waals surface area contributed by atoms with Crippen molar-refractivity contribution in [3.63, 3.8) is 0 Å². The number of hydrogen-bond donors (Lipinski definition) is 2. The molecule has 1 aromatic carbocycles. The van der Waals surface area contributed by atoms with Gasteiger partial charge in [0.05, 0.1) is 17.2 Å². The lowest BCUT2D eigenvalue weighted by molar-refractivity contribution is -0.122. The fraction of sp³-hybridized carbons (Fsp3) is 0.400. The van der Waals surface area contributed by atoms with Crippen molar-refractivity contribution in [2.45, 2.75) is 25.4 Å². The van der Waals surface area contributed by atoms with E-state index in [0.717, 1.165) is 17.3 Å². The number of hydrogen-bond acceptors (Lipinski definition) is 4. The van der Waals surface area contributed by atoms with Crippen molar-refractivity contribution in [3.05, 3.63) is 39.4 Å². The lowest BCUT2D eigenvalue weighted by Crippen LogP contribution is -2.44. The first kappa shape index (κ1) is 15.2. The Hall–Kier alpha value is -1.73. The third kappa shape index (κ3) is 3.20. The summed E-state index contributed by atoms with van der Waals surface area (Å²) in [5.41, 5.74) is 6.06. The Labute approximate surface area is 135 Å². The van der Waals surface area contributed by atoms with Crippen molar-refractivity contribution in [3.8, 4) is 0 Å². The Morgan fingerprint density at radius 3 is 2.95 bits per heavy atom. The summed E-state index contributed by atoms with van der Waals surface area (Å²) < 4.78 is 2.13. The average Bonchev–Trinajstić information content (AvgIpc) is 3.33. The molecule has 1 amide bonds. The molecule has 1 atom stereocenters. The largest absolute Gasteiger partial charge is 0.350 e. The third-order valence-electron chi connectivity index (χ3n) is 3.89. The molecule has 1 aliphatic rings. The van der Waals surface area contributed by atoms with Crippen LogP contribution in [0, 0.1) is 5.92 Å². The second kappa shape index (κ2) is 6.18. The third-order valence-corrected chi connectivity index (χ3v) is 4.38. The highest BCUT2D eigenvalue weighted by molar-refractivity contribution is 9.10. The van der Waals surface area contributed by atoms with Crippen molar-refractivity contribution in [1.82, 2.24) is 14.9 Å². The Kier molecular flexibility index (Phi) is 4.26. The molecule has 116 valence electrons. The maximum Gasteiger partial charge on any atom is 0.261 e. The molecule has 0 bridgehead atoms. The van der Waals surface area contributed by atoms with Crippen LogP contribution in [0.25, 0.3) is 10.9 Å². The van der Waals surface area contributed by atoms with E-state index in [4.69, 9.17) is 5.73 Å². The van der Waals surface area contributed by atoms with Crippen LogP contribution in [0.5, 0.6) is 0 Å². The molecule has 1 unspecified atom stereocenters. The topological polar surface area (TPSA) is 90.0 Å². The fourth-order valence-corrected chi connectivity index (χ4v) is 2.88. The van der Waals surface area contributed by atoms with Gasteiger partial charge in [-0.15, -0.1) is 0 Å². The summed E-state index contributed by atoms with van der Waals surface area (Å²) in [6.07, 6.45) is 3.62. The first-order chi connectivity index (χ1) is 10.6. The minimum atomic E-state index is -0.225. The van der Waals surface area contributed by atoms with Crippen molar-refractivity contribution in [2.75, 3.05) is 6.54 Å². The van der Waals surface area contributed by atoms with Gasteiger partial charge in [-0.3, -0.25) is 14.2 Å². The van der Waals surface area contributed by atoms with Crippen LogP contribution in [0.3, 0.4) is 0 Å². The smallest absolute Gasteiger partial charge is 0.261 e. The molecule has 3 rings (SSSR count). The summed E-state index contributed by atoms with van der Waals surface area (Å²) in [4.78, 5) is 28.7. The van der Waals surface area contributed by atoms with Gasteiger partial charge in [0.25, 0.3) is 5.56 Å². The second-order valence-electron chi connectivity index (χ2n) is 5.59. The Morgan fingerprint density at radius 2 is 2.27 bits per heavy atom. The molecule has 0 aliphatic heterocycles. The highest BCUT2D eigenvalue weighted by atomic mass is 79.9. The van der Waals surface area contributed by atoms with Crippen LogP contribution < -0.4 is 16.6 Å². The molecule has 0 radical (unpaired) electrons. The van der Waals surface area contributed by atoms with Gasteiger partial charge in [0.1, 0.15) is 6.54 Å². The van der Waals surface area contributed by atoms with Gasteiger partial charge >= 0.3 is 0 Å². The van der Waals surface area contributed by atoms with Crippen molar-refractivity contribution >= 4 is 32.7 Å². The highest BCUT2D eigenvalue weighted by Crippen LogP contribution is 2.32. The first-order valence-electron chi connectivity index (χ1n) is 7.22.